The van der Waals surface area contributed by atoms with Crippen molar-refractivity contribution in [1.82, 2.24) is 15.5 Å². The van der Waals surface area contributed by atoms with Crippen LogP contribution in [0.4, 0.5) is 0 Å². The Morgan fingerprint density at radius 3 is 2.68 bits per heavy atom. The lowest BCUT2D eigenvalue weighted by Gasteiger charge is -2.20. The SMILES string of the molecule is CC[C@H](C)[C@H](NC(=O)c1ccco1)c1nc(-c2ccc(Br)cc2)no1. The molecule has 2 atom stereocenters. The second-order valence-electron chi connectivity index (χ2n) is 5.78. The summed E-state index contributed by atoms with van der Waals surface area (Å²) in [6.07, 6.45) is 2.31. The Morgan fingerprint density at radius 2 is 2.04 bits per heavy atom. The predicted octanol–water partition coefficient (Wildman–Crippen LogP) is 4.61. The van der Waals surface area contributed by atoms with Crippen LogP contribution in [-0.4, -0.2) is 16.0 Å². The summed E-state index contributed by atoms with van der Waals surface area (Å²) in [7, 11) is 0. The van der Waals surface area contributed by atoms with Crippen molar-refractivity contribution in [2.75, 3.05) is 0 Å². The van der Waals surface area contributed by atoms with Crippen molar-refractivity contribution in [3.63, 3.8) is 0 Å². The van der Waals surface area contributed by atoms with Gasteiger partial charge in [0.1, 0.15) is 6.04 Å². The number of nitrogens with one attached hydrogen (secondary N) is 1. The highest BCUT2D eigenvalue weighted by Gasteiger charge is 2.27. The number of rotatable bonds is 6. The first-order chi connectivity index (χ1) is 12.1. The lowest BCUT2D eigenvalue weighted by atomic mass is 9.99. The Kier molecular flexibility index (Phi) is 5.33. The second-order valence-corrected chi connectivity index (χ2v) is 6.69. The Balaban J connectivity index is 1.84. The first-order valence-corrected chi connectivity index (χ1v) is 8.81. The number of nitrogens with zero attached hydrogens (tertiary/aromatic N) is 2. The molecule has 0 saturated carbocycles. The third kappa shape index (κ3) is 3.99. The van der Waals surface area contributed by atoms with E-state index in [0.29, 0.717) is 11.7 Å². The van der Waals surface area contributed by atoms with Gasteiger partial charge in [-0.05, 0) is 42.3 Å². The van der Waals surface area contributed by atoms with E-state index in [1.165, 1.54) is 6.26 Å². The van der Waals surface area contributed by atoms with E-state index >= 15 is 0 Å². The minimum atomic E-state index is -0.390. The van der Waals surface area contributed by atoms with Gasteiger partial charge >= 0.3 is 0 Å². The number of carbonyl (C=O) groups excluding carboxylic acids is 1. The molecule has 3 rings (SSSR count). The smallest absolute Gasteiger partial charge is 0.287 e. The van der Waals surface area contributed by atoms with Crippen molar-refractivity contribution in [3.05, 3.63) is 58.8 Å². The van der Waals surface area contributed by atoms with Gasteiger partial charge in [0.05, 0.1) is 6.26 Å². The fourth-order valence-electron chi connectivity index (χ4n) is 2.38. The molecular weight excluding hydrogens is 386 g/mol. The molecule has 0 fully saturated rings. The molecular formula is C18H18BrN3O3. The summed E-state index contributed by atoms with van der Waals surface area (Å²) in [6, 6.07) is 10.5. The highest BCUT2D eigenvalue weighted by Crippen LogP contribution is 2.26. The van der Waals surface area contributed by atoms with Crippen LogP contribution in [0.15, 0.2) is 56.1 Å². The van der Waals surface area contributed by atoms with Crippen LogP contribution < -0.4 is 5.32 Å². The van der Waals surface area contributed by atoms with Gasteiger partial charge in [0.25, 0.3) is 5.91 Å². The van der Waals surface area contributed by atoms with Gasteiger partial charge in [-0.1, -0.05) is 41.4 Å². The first-order valence-electron chi connectivity index (χ1n) is 8.02. The van der Waals surface area contributed by atoms with Crippen molar-refractivity contribution in [1.29, 1.82) is 0 Å². The number of aromatic nitrogens is 2. The molecule has 0 radical (unpaired) electrons. The predicted molar refractivity (Wildman–Crippen MR) is 95.8 cm³/mol. The van der Waals surface area contributed by atoms with E-state index in [9.17, 15) is 4.79 Å². The summed E-state index contributed by atoms with van der Waals surface area (Å²) in [5, 5.41) is 6.97. The van der Waals surface area contributed by atoms with E-state index in [0.717, 1.165) is 16.5 Å². The Morgan fingerprint density at radius 1 is 1.28 bits per heavy atom. The molecule has 2 aromatic heterocycles. The van der Waals surface area contributed by atoms with E-state index in [-0.39, 0.29) is 23.6 Å². The zero-order valence-electron chi connectivity index (χ0n) is 13.9. The molecule has 1 amide bonds. The van der Waals surface area contributed by atoms with Gasteiger partial charge in [-0.2, -0.15) is 4.98 Å². The lowest BCUT2D eigenvalue weighted by Crippen LogP contribution is -2.32. The second kappa shape index (κ2) is 7.65. The van der Waals surface area contributed by atoms with E-state index in [1.54, 1.807) is 12.1 Å². The molecule has 7 heteroatoms. The number of amides is 1. The van der Waals surface area contributed by atoms with Crippen molar-refractivity contribution < 1.29 is 13.7 Å². The van der Waals surface area contributed by atoms with Crippen molar-refractivity contribution in [2.45, 2.75) is 26.3 Å². The minimum Gasteiger partial charge on any atom is -0.459 e. The third-order valence-electron chi connectivity index (χ3n) is 4.05. The average Bonchev–Trinajstić information content (AvgIpc) is 3.31. The molecule has 0 unspecified atom stereocenters. The normalized spacial score (nSPS) is 13.4. The molecule has 0 spiro atoms. The molecule has 3 aromatic rings. The number of halogens is 1. The van der Waals surface area contributed by atoms with Gasteiger partial charge in [-0.15, -0.1) is 0 Å². The van der Waals surface area contributed by atoms with Gasteiger partial charge in [0, 0.05) is 10.0 Å². The summed E-state index contributed by atoms with van der Waals surface area (Å²) in [4.78, 5) is 16.8. The molecule has 130 valence electrons. The summed E-state index contributed by atoms with van der Waals surface area (Å²) in [5.41, 5.74) is 0.846. The van der Waals surface area contributed by atoms with Gasteiger partial charge < -0.3 is 14.3 Å². The number of hydrogen-bond acceptors (Lipinski definition) is 5. The topological polar surface area (TPSA) is 81.2 Å². The summed E-state index contributed by atoms with van der Waals surface area (Å²) >= 11 is 3.40. The molecule has 0 aliphatic carbocycles. The van der Waals surface area contributed by atoms with Crippen LogP contribution in [0.5, 0.6) is 0 Å². The maximum atomic E-state index is 12.3. The largest absolute Gasteiger partial charge is 0.459 e. The molecule has 0 aliphatic heterocycles. The number of benzene rings is 1. The summed E-state index contributed by atoms with van der Waals surface area (Å²) < 4.78 is 11.6. The maximum absolute atomic E-state index is 12.3. The fraction of sp³-hybridized carbons (Fsp3) is 0.278. The average molecular weight is 404 g/mol. The molecule has 1 N–H and O–H groups in total. The first kappa shape index (κ1) is 17.4. The van der Waals surface area contributed by atoms with Gasteiger partial charge in [-0.3, -0.25) is 4.79 Å². The lowest BCUT2D eigenvalue weighted by molar-refractivity contribution is 0.0882. The fourth-order valence-corrected chi connectivity index (χ4v) is 2.65. The van der Waals surface area contributed by atoms with Gasteiger partial charge in [-0.25, -0.2) is 0 Å². The maximum Gasteiger partial charge on any atom is 0.287 e. The monoisotopic (exact) mass is 403 g/mol. The summed E-state index contributed by atoms with van der Waals surface area (Å²) in [5.74, 6) is 0.937. The zero-order chi connectivity index (χ0) is 17.8. The number of hydrogen-bond donors (Lipinski definition) is 1. The number of furan rings is 1. The van der Waals surface area contributed by atoms with Crippen LogP contribution in [-0.2, 0) is 0 Å². The van der Waals surface area contributed by atoms with E-state index in [2.05, 4.69) is 31.4 Å². The van der Waals surface area contributed by atoms with Crippen molar-refractivity contribution in [3.8, 4) is 11.4 Å². The highest BCUT2D eigenvalue weighted by atomic mass is 79.9. The summed E-state index contributed by atoms with van der Waals surface area (Å²) in [6.45, 7) is 4.07. The van der Waals surface area contributed by atoms with E-state index in [1.807, 2.05) is 38.1 Å². The number of carbonyl (C=O) groups is 1. The Hall–Kier alpha value is -2.41. The van der Waals surface area contributed by atoms with Crippen LogP contribution >= 0.6 is 15.9 Å². The van der Waals surface area contributed by atoms with Crippen LogP contribution in [0.25, 0.3) is 11.4 Å². The molecule has 0 aliphatic rings. The molecule has 25 heavy (non-hydrogen) atoms. The van der Waals surface area contributed by atoms with E-state index < -0.39 is 0 Å². The van der Waals surface area contributed by atoms with Crippen LogP contribution in [0.1, 0.15) is 42.8 Å². The van der Waals surface area contributed by atoms with Crippen molar-refractivity contribution in [2.24, 2.45) is 5.92 Å². The van der Waals surface area contributed by atoms with Gasteiger partial charge in [0.15, 0.2) is 5.76 Å². The minimum absolute atomic E-state index is 0.122. The third-order valence-corrected chi connectivity index (χ3v) is 4.58. The molecule has 1 aromatic carbocycles. The quantitative estimate of drug-likeness (QED) is 0.649. The molecule has 0 bridgehead atoms. The standard InChI is InChI=1S/C18H18BrN3O3/c1-3-11(2)15(20-17(23)14-5-4-10-24-14)18-21-16(22-25-18)12-6-8-13(19)9-7-12/h4-11,15H,3H2,1-2H3,(H,20,23)/t11-,15-/m0/s1. The highest BCUT2D eigenvalue weighted by molar-refractivity contribution is 9.10. The molecule has 6 nitrogen and oxygen atoms in total. The van der Waals surface area contributed by atoms with Crippen LogP contribution in [0, 0.1) is 5.92 Å². The van der Waals surface area contributed by atoms with E-state index in [4.69, 9.17) is 8.94 Å². The van der Waals surface area contributed by atoms with Crippen LogP contribution in [0.2, 0.25) is 0 Å². The molecule has 2 heterocycles. The van der Waals surface area contributed by atoms with Crippen LogP contribution in [0.3, 0.4) is 0 Å². The Bertz CT molecular complexity index is 828. The zero-order valence-corrected chi connectivity index (χ0v) is 15.5. The molecule has 0 saturated heterocycles. The van der Waals surface area contributed by atoms with Gasteiger partial charge in [0.2, 0.25) is 11.7 Å². The Labute approximate surface area is 153 Å². The van der Waals surface area contributed by atoms with Crippen molar-refractivity contribution >= 4 is 21.8 Å².